The second-order valence-corrected chi connectivity index (χ2v) is 9.78. The molecule has 3 aromatic rings. The zero-order valence-electron chi connectivity index (χ0n) is 17.5. The zero-order valence-corrected chi connectivity index (χ0v) is 19.8. The van der Waals surface area contributed by atoms with E-state index in [-0.39, 0.29) is 27.2 Å². The molecule has 0 heterocycles. The van der Waals surface area contributed by atoms with E-state index >= 15 is 0 Å². The number of methoxy groups -OCH3 is 1. The molecule has 0 aliphatic rings. The minimum absolute atomic E-state index is 0.0525. The van der Waals surface area contributed by atoms with Gasteiger partial charge in [-0.3, -0.25) is 9.10 Å². The number of carbonyl (C=O) groups is 1. The molecule has 6 nitrogen and oxygen atoms in total. The van der Waals surface area contributed by atoms with Gasteiger partial charge in [-0.1, -0.05) is 59.1 Å². The summed E-state index contributed by atoms with van der Waals surface area (Å²) < 4.78 is 33.1. The number of nitrogens with one attached hydrogen (secondary N) is 1. The van der Waals surface area contributed by atoms with E-state index in [4.69, 9.17) is 27.9 Å². The Morgan fingerprint density at radius 3 is 2.25 bits per heavy atom. The number of para-hydroxylation sites is 1. The van der Waals surface area contributed by atoms with Crippen molar-refractivity contribution >= 4 is 44.8 Å². The fourth-order valence-corrected chi connectivity index (χ4v) is 4.98. The van der Waals surface area contributed by atoms with Crippen molar-refractivity contribution < 1.29 is 17.9 Å². The van der Waals surface area contributed by atoms with Gasteiger partial charge in [-0.15, -0.1) is 0 Å². The van der Waals surface area contributed by atoms with Crippen molar-refractivity contribution in [2.45, 2.75) is 18.4 Å². The fraction of sp³-hybridized carbons (Fsp3) is 0.174. The lowest BCUT2D eigenvalue weighted by Gasteiger charge is -2.24. The van der Waals surface area contributed by atoms with E-state index in [0.29, 0.717) is 5.75 Å². The fourth-order valence-electron chi connectivity index (χ4n) is 3.06. The summed E-state index contributed by atoms with van der Waals surface area (Å²) in [5.74, 6) is 0.126. The lowest BCUT2D eigenvalue weighted by atomic mass is 10.2. The van der Waals surface area contributed by atoms with Crippen LogP contribution >= 0.6 is 23.2 Å². The van der Waals surface area contributed by atoms with Crippen molar-refractivity contribution in [2.24, 2.45) is 0 Å². The zero-order chi connectivity index (χ0) is 23.3. The second kappa shape index (κ2) is 10.3. The molecule has 0 fully saturated rings. The summed E-state index contributed by atoms with van der Waals surface area (Å²) in [5, 5.41) is 3.26. The van der Waals surface area contributed by atoms with Crippen molar-refractivity contribution in [3.05, 3.63) is 87.9 Å². The number of carbonyl (C=O) groups excluding carboxylic acids is 1. The van der Waals surface area contributed by atoms with Crippen molar-refractivity contribution in [2.75, 3.05) is 18.0 Å². The average Bonchev–Trinajstić information content (AvgIpc) is 2.75. The Kier molecular flexibility index (Phi) is 7.66. The van der Waals surface area contributed by atoms with Gasteiger partial charge in [0.25, 0.3) is 10.0 Å². The molecule has 0 aliphatic heterocycles. The minimum Gasteiger partial charge on any atom is -0.496 e. The van der Waals surface area contributed by atoms with Crippen LogP contribution in [0.25, 0.3) is 0 Å². The molecule has 32 heavy (non-hydrogen) atoms. The maximum atomic E-state index is 13.4. The molecule has 1 amide bonds. The molecule has 168 valence electrons. The first-order chi connectivity index (χ1) is 15.2. The van der Waals surface area contributed by atoms with E-state index in [1.54, 1.807) is 25.3 Å². The number of ether oxygens (including phenoxy) is 1. The van der Waals surface area contributed by atoms with Gasteiger partial charge in [0.15, 0.2) is 0 Å². The third-order valence-corrected chi connectivity index (χ3v) is 6.92. The smallest absolute Gasteiger partial charge is 0.264 e. The standard InChI is InChI=1S/C23H22Cl2N2O4S/c1-16-7-9-21(10-8-16)32(29,30)27(20-12-18(24)11-19(25)13-20)15-23(28)26-14-17-5-3-4-6-22(17)31-2/h3-13H,14-15H2,1-2H3,(H,26,28). The molecule has 0 spiro atoms. The number of amides is 1. The molecular weight excluding hydrogens is 471 g/mol. The number of anilines is 1. The summed E-state index contributed by atoms with van der Waals surface area (Å²) >= 11 is 12.2. The molecule has 0 bridgehead atoms. The van der Waals surface area contributed by atoms with Crippen LogP contribution in [0.5, 0.6) is 5.75 Å². The summed E-state index contributed by atoms with van der Waals surface area (Å²) in [6.45, 7) is 1.58. The molecule has 0 saturated heterocycles. The molecule has 0 radical (unpaired) electrons. The van der Waals surface area contributed by atoms with E-state index < -0.39 is 22.5 Å². The molecule has 0 unspecified atom stereocenters. The quantitative estimate of drug-likeness (QED) is 0.488. The van der Waals surface area contributed by atoms with E-state index in [2.05, 4.69) is 5.32 Å². The highest BCUT2D eigenvalue weighted by molar-refractivity contribution is 7.92. The first-order valence-electron chi connectivity index (χ1n) is 9.65. The van der Waals surface area contributed by atoms with Crippen molar-refractivity contribution in [1.82, 2.24) is 5.32 Å². The van der Waals surface area contributed by atoms with Gasteiger partial charge < -0.3 is 10.1 Å². The Labute approximate surface area is 197 Å². The van der Waals surface area contributed by atoms with Gasteiger partial charge in [-0.2, -0.15) is 0 Å². The number of nitrogens with zero attached hydrogens (tertiary/aromatic N) is 1. The Morgan fingerprint density at radius 2 is 1.62 bits per heavy atom. The molecule has 3 aromatic carbocycles. The summed E-state index contributed by atoms with van der Waals surface area (Å²) in [5.41, 5.74) is 1.87. The molecule has 0 aliphatic carbocycles. The van der Waals surface area contributed by atoms with Gasteiger partial charge in [0.1, 0.15) is 12.3 Å². The van der Waals surface area contributed by atoms with Gasteiger partial charge in [0, 0.05) is 22.2 Å². The maximum Gasteiger partial charge on any atom is 0.264 e. The van der Waals surface area contributed by atoms with Crippen LogP contribution in [0, 0.1) is 6.92 Å². The predicted molar refractivity (Wildman–Crippen MR) is 127 cm³/mol. The maximum absolute atomic E-state index is 13.4. The van der Waals surface area contributed by atoms with Crippen molar-refractivity contribution in [3.8, 4) is 5.75 Å². The van der Waals surface area contributed by atoms with E-state index in [1.807, 2.05) is 25.1 Å². The van der Waals surface area contributed by atoms with Crippen LogP contribution in [-0.2, 0) is 21.4 Å². The summed E-state index contributed by atoms with van der Waals surface area (Å²) in [6.07, 6.45) is 0. The molecular formula is C23H22Cl2N2O4S. The molecule has 0 aromatic heterocycles. The number of halogens is 2. The highest BCUT2D eigenvalue weighted by Crippen LogP contribution is 2.29. The van der Waals surface area contributed by atoms with Crippen LogP contribution in [0.1, 0.15) is 11.1 Å². The normalized spacial score (nSPS) is 11.1. The number of hydrogen-bond donors (Lipinski definition) is 1. The van der Waals surface area contributed by atoms with Gasteiger partial charge in [-0.25, -0.2) is 8.42 Å². The Morgan fingerprint density at radius 1 is 1.00 bits per heavy atom. The highest BCUT2D eigenvalue weighted by Gasteiger charge is 2.27. The van der Waals surface area contributed by atoms with Gasteiger partial charge >= 0.3 is 0 Å². The van der Waals surface area contributed by atoms with Crippen LogP contribution in [0.2, 0.25) is 10.0 Å². The molecule has 0 saturated carbocycles. The Bertz CT molecular complexity index is 1190. The number of hydrogen-bond acceptors (Lipinski definition) is 4. The van der Waals surface area contributed by atoms with Crippen molar-refractivity contribution in [1.29, 1.82) is 0 Å². The second-order valence-electron chi connectivity index (χ2n) is 7.04. The Balaban J connectivity index is 1.90. The third-order valence-electron chi connectivity index (χ3n) is 4.70. The van der Waals surface area contributed by atoms with Crippen LogP contribution < -0.4 is 14.4 Å². The van der Waals surface area contributed by atoms with Crippen LogP contribution in [0.15, 0.2) is 71.6 Å². The first kappa shape index (κ1) is 23.9. The number of benzene rings is 3. The minimum atomic E-state index is -4.06. The third kappa shape index (κ3) is 5.73. The van der Waals surface area contributed by atoms with E-state index in [0.717, 1.165) is 15.4 Å². The average molecular weight is 493 g/mol. The van der Waals surface area contributed by atoms with Crippen LogP contribution in [0.4, 0.5) is 5.69 Å². The lowest BCUT2D eigenvalue weighted by molar-refractivity contribution is -0.119. The molecule has 0 atom stereocenters. The number of aryl methyl sites for hydroxylation is 1. The topological polar surface area (TPSA) is 75.7 Å². The molecule has 1 N–H and O–H groups in total. The SMILES string of the molecule is COc1ccccc1CNC(=O)CN(c1cc(Cl)cc(Cl)c1)S(=O)(=O)c1ccc(C)cc1. The molecule has 3 rings (SSSR count). The van der Waals surface area contributed by atoms with Gasteiger partial charge in [0.05, 0.1) is 17.7 Å². The number of sulfonamides is 1. The van der Waals surface area contributed by atoms with Crippen molar-refractivity contribution in [3.63, 3.8) is 0 Å². The first-order valence-corrected chi connectivity index (χ1v) is 11.8. The number of rotatable bonds is 8. The van der Waals surface area contributed by atoms with Gasteiger partial charge in [-0.05, 0) is 43.3 Å². The van der Waals surface area contributed by atoms with Crippen LogP contribution in [-0.4, -0.2) is 28.0 Å². The molecule has 9 heteroatoms. The largest absolute Gasteiger partial charge is 0.496 e. The van der Waals surface area contributed by atoms with Gasteiger partial charge in [0.2, 0.25) is 5.91 Å². The summed E-state index contributed by atoms with van der Waals surface area (Å²) in [7, 11) is -2.52. The monoisotopic (exact) mass is 492 g/mol. The van der Waals surface area contributed by atoms with Crippen LogP contribution in [0.3, 0.4) is 0 Å². The van der Waals surface area contributed by atoms with E-state index in [1.165, 1.54) is 30.3 Å². The van der Waals surface area contributed by atoms with E-state index in [9.17, 15) is 13.2 Å². The lowest BCUT2D eigenvalue weighted by Crippen LogP contribution is -2.40. The Hall–Kier alpha value is -2.74. The summed E-state index contributed by atoms with van der Waals surface area (Å²) in [6, 6.07) is 18.0. The summed E-state index contributed by atoms with van der Waals surface area (Å²) in [4.78, 5) is 12.8. The highest BCUT2D eigenvalue weighted by atomic mass is 35.5. The predicted octanol–water partition coefficient (Wildman–Crippen LogP) is 4.82.